The molecule has 5 nitrogen and oxygen atoms in total. The molecule has 0 fully saturated rings. The lowest BCUT2D eigenvalue weighted by molar-refractivity contribution is -0.121. The summed E-state index contributed by atoms with van der Waals surface area (Å²) in [5.74, 6) is 1.44. The second-order valence-corrected chi connectivity index (χ2v) is 5.18. The second-order valence-electron chi connectivity index (χ2n) is 4.80. The number of carbonyl (C=O) groups excluding carboxylic acids is 1. The third kappa shape index (κ3) is 6.19. The fourth-order valence-corrected chi connectivity index (χ4v) is 1.84. The molecule has 1 atom stereocenters. The molecule has 1 aromatic rings. The summed E-state index contributed by atoms with van der Waals surface area (Å²) in [7, 11) is 0. The molecule has 0 saturated heterocycles. The molecule has 0 spiro atoms. The summed E-state index contributed by atoms with van der Waals surface area (Å²) >= 11 is 5.94. The fraction of sp³-hybridized carbons (Fsp3) is 0.643. The topological polar surface area (TPSA) is 66.9 Å². The molecule has 6 heteroatoms. The van der Waals surface area contributed by atoms with Gasteiger partial charge in [-0.25, -0.2) is 9.97 Å². The van der Waals surface area contributed by atoms with Crippen LogP contribution in [0.1, 0.15) is 45.9 Å². The first-order valence-corrected chi connectivity index (χ1v) is 7.49. The van der Waals surface area contributed by atoms with Crippen molar-refractivity contribution < 1.29 is 4.79 Å². The average Bonchev–Trinajstić information content (AvgIpc) is 2.38. The minimum absolute atomic E-state index is 0.0424. The number of amides is 1. The van der Waals surface area contributed by atoms with Crippen molar-refractivity contribution in [3.8, 4) is 0 Å². The first kappa shape index (κ1) is 16.7. The van der Waals surface area contributed by atoms with Crippen LogP contribution in [-0.2, 0) is 11.2 Å². The van der Waals surface area contributed by atoms with Crippen molar-refractivity contribution in [3.05, 3.63) is 17.0 Å². The molecular formula is C14H23ClN4O. The van der Waals surface area contributed by atoms with Crippen molar-refractivity contribution in [1.29, 1.82) is 0 Å². The highest BCUT2D eigenvalue weighted by molar-refractivity contribution is 6.29. The van der Waals surface area contributed by atoms with E-state index in [4.69, 9.17) is 11.6 Å². The van der Waals surface area contributed by atoms with E-state index in [2.05, 4.69) is 27.5 Å². The highest BCUT2D eigenvalue weighted by Gasteiger charge is 2.06. The van der Waals surface area contributed by atoms with Gasteiger partial charge in [-0.05, 0) is 19.8 Å². The fourth-order valence-electron chi connectivity index (χ4n) is 1.64. The van der Waals surface area contributed by atoms with E-state index in [0.29, 0.717) is 23.9 Å². The van der Waals surface area contributed by atoms with E-state index in [0.717, 1.165) is 25.1 Å². The third-order valence-corrected chi connectivity index (χ3v) is 3.09. The second kappa shape index (κ2) is 8.74. The summed E-state index contributed by atoms with van der Waals surface area (Å²) in [6, 6.07) is 1.89. The maximum Gasteiger partial charge on any atom is 0.221 e. The monoisotopic (exact) mass is 298 g/mol. The first-order valence-electron chi connectivity index (χ1n) is 7.11. The van der Waals surface area contributed by atoms with Crippen LogP contribution in [0.4, 0.5) is 5.82 Å². The number of nitrogens with zero attached hydrogens (tertiary/aromatic N) is 2. The summed E-state index contributed by atoms with van der Waals surface area (Å²) in [5.41, 5.74) is 0. The number of hydrogen-bond donors (Lipinski definition) is 2. The number of halogens is 1. The average molecular weight is 299 g/mol. The Morgan fingerprint density at radius 1 is 1.40 bits per heavy atom. The van der Waals surface area contributed by atoms with Gasteiger partial charge in [0.1, 0.15) is 16.8 Å². The third-order valence-electron chi connectivity index (χ3n) is 2.89. The van der Waals surface area contributed by atoms with Gasteiger partial charge in [0.15, 0.2) is 0 Å². The van der Waals surface area contributed by atoms with Gasteiger partial charge in [0.2, 0.25) is 5.91 Å². The van der Waals surface area contributed by atoms with E-state index in [9.17, 15) is 4.79 Å². The number of rotatable bonds is 8. The lowest BCUT2D eigenvalue weighted by Crippen LogP contribution is -2.33. The molecule has 0 aromatic carbocycles. The molecule has 1 heterocycles. The van der Waals surface area contributed by atoms with Gasteiger partial charge < -0.3 is 10.6 Å². The maximum absolute atomic E-state index is 11.6. The summed E-state index contributed by atoms with van der Waals surface area (Å²) in [5, 5.41) is 6.46. The Balaban J connectivity index is 2.43. The van der Waals surface area contributed by atoms with Crippen LogP contribution < -0.4 is 10.6 Å². The van der Waals surface area contributed by atoms with Crippen molar-refractivity contribution in [2.75, 3.05) is 11.9 Å². The highest BCUT2D eigenvalue weighted by atomic mass is 35.5. The predicted molar refractivity (Wildman–Crippen MR) is 82.0 cm³/mol. The van der Waals surface area contributed by atoms with Gasteiger partial charge in [-0.2, -0.15) is 0 Å². The summed E-state index contributed by atoms with van der Waals surface area (Å²) in [6.45, 7) is 6.63. The first-order chi connectivity index (χ1) is 9.55. The van der Waals surface area contributed by atoms with Gasteiger partial charge in [-0.15, -0.1) is 0 Å². The Hall–Kier alpha value is -1.36. The Kier molecular flexibility index (Phi) is 7.30. The number of anilines is 1. The van der Waals surface area contributed by atoms with Gasteiger partial charge in [-0.3, -0.25) is 4.79 Å². The van der Waals surface area contributed by atoms with Gasteiger partial charge in [0, 0.05) is 31.5 Å². The molecule has 1 amide bonds. The number of carbonyl (C=O) groups is 1. The van der Waals surface area contributed by atoms with Gasteiger partial charge in [0.05, 0.1) is 0 Å². The Morgan fingerprint density at radius 2 is 2.15 bits per heavy atom. The molecule has 0 bridgehead atoms. The van der Waals surface area contributed by atoms with Crippen LogP contribution in [0.2, 0.25) is 5.15 Å². The molecule has 20 heavy (non-hydrogen) atoms. The molecule has 0 aliphatic carbocycles. The minimum Gasteiger partial charge on any atom is -0.369 e. The lowest BCUT2D eigenvalue weighted by atomic mass is 10.2. The van der Waals surface area contributed by atoms with Crippen molar-refractivity contribution in [1.82, 2.24) is 15.3 Å². The van der Waals surface area contributed by atoms with Gasteiger partial charge >= 0.3 is 0 Å². The summed E-state index contributed by atoms with van der Waals surface area (Å²) in [6.07, 6.45) is 3.11. The molecule has 1 unspecified atom stereocenters. The number of hydrogen-bond acceptors (Lipinski definition) is 4. The zero-order valence-electron chi connectivity index (χ0n) is 12.4. The lowest BCUT2D eigenvalue weighted by Gasteiger charge is -2.12. The van der Waals surface area contributed by atoms with Gasteiger partial charge in [0.25, 0.3) is 0 Å². The molecule has 2 N–H and O–H groups in total. The smallest absolute Gasteiger partial charge is 0.221 e. The quantitative estimate of drug-likeness (QED) is 0.724. The number of aromatic nitrogens is 2. The summed E-state index contributed by atoms with van der Waals surface area (Å²) in [4.78, 5) is 20.1. The highest BCUT2D eigenvalue weighted by Crippen LogP contribution is 2.12. The van der Waals surface area contributed by atoms with Crippen LogP contribution >= 0.6 is 11.6 Å². The standard InChI is InChI=1S/C14H23ClN4O/c1-4-6-12-18-11(15)9-13(19-12)16-8-7-14(20)17-10(3)5-2/h9-10H,4-8H2,1-3H3,(H,17,20)(H,16,18,19). The SMILES string of the molecule is CCCc1nc(Cl)cc(NCCC(=O)NC(C)CC)n1. The van der Waals surface area contributed by atoms with Crippen molar-refractivity contribution >= 4 is 23.3 Å². The molecule has 0 radical (unpaired) electrons. The van der Waals surface area contributed by atoms with Crippen molar-refractivity contribution in [3.63, 3.8) is 0 Å². The van der Waals surface area contributed by atoms with Crippen LogP contribution in [-0.4, -0.2) is 28.5 Å². The zero-order valence-corrected chi connectivity index (χ0v) is 13.1. The Bertz CT molecular complexity index is 439. The van der Waals surface area contributed by atoms with E-state index < -0.39 is 0 Å². The van der Waals surface area contributed by atoms with Crippen LogP contribution in [0.3, 0.4) is 0 Å². The van der Waals surface area contributed by atoms with Crippen LogP contribution in [0.15, 0.2) is 6.07 Å². The number of nitrogens with one attached hydrogen (secondary N) is 2. The number of aryl methyl sites for hydroxylation is 1. The normalized spacial score (nSPS) is 12.0. The Morgan fingerprint density at radius 3 is 2.80 bits per heavy atom. The van der Waals surface area contributed by atoms with Gasteiger partial charge in [-0.1, -0.05) is 25.4 Å². The maximum atomic E-state index is 11.6. The van der Waals surface area contributed by atoms with Crippen LogP contribution in [0.25, 0.3) is 0 Å². The van der Waals surface area contributed by atoms with E-state index in [1.807, 2.05) is 13.8 Å². The Labute approximate surface area is 125 Å². The van der Waals surface area contributed by atoms with Crippen LogP contribution in [0.5, 0.6) is 0 Å². The molecular weight excluding hydrogens is 276 g/mol. The largest absolute Gasteiger partial charge is 0.369 e. The minimum atomic E-state index is 0.0424. The molecule has 0 aliphatic heterocycles. The van der Waals surface area contributed by atoms with Crippen molar-refractivity contribution in [2.24, 2.45) is 0 Å². The predicted octanol–water partition coefficient (Wildman–Crippen LogP) is 2.80. The van der Waals surface area contributed by atoms with E-state index >= 15 is 0 Å². The molecule has 0 aliphatic rings. The molecule has 1 aromatic heterocycles. The molecule has 0 saturated carbocycles. The molecule has 1 rings (SSSR count). The molecule has 112 valence electrons. The zero-order chi connectivity index (χ0) is 15.0. The van der Waals surface area contributed by atoms with E-state index in [1.54, 1.807) is 6.07 Å². The van der Waals surface area contributed by atoms with E-state index in [1.165, 1.54) is 0 Å². The summed E-state index contributed by atoms with van der Waals surface area (Å²) < 4.78 is 0. The van der Waals surface area contributed by atoms with E-state index in [-0.39, 0.29) is 11.9 Å². The van der Waals surface area contributed by atoms with Crippen molar-refractivity contribution in [2.45, 2.75) is 52.5 Å². The van der Waals surface area contributed by atoms with Crippen LogP contribution in [0, 0.1) is 0 Å².